The SMILES string of the molecule is Cc1ccc([C@@H]2C[C@@H]2C(=O)NNC(=O)Nc2ccc(F)cc2F)cc1. The number of rotatable bonds is 3. The monoisotopic (exact) mass is 345 g/mol. The molecule has 1 saturated carbocycles. The maximum atomic E-state index is 13.4. The quantitative estimate of drug-likeness (QED) is 0.748. The van der Waals surface area contributed by atoms with Gasteiger partial charge in [-0.25, -0.2) is 19.0 Å². The van der Waals surface area contributed by atoms with Gasteiger partial charge >= 0.3 is 6.03 Å². The highest BCUT2D eigenvalue weighted by Gasteiger charge is 2.44. The molecule has 0 aliphatic heterocycles. The summed E-state index contributed by atoms with van der Waals surface area (Å²) in [6.07, 6.45) is 0.713. The molecular formula is C18H17F2N3O2. The molecule has 5 nitrogen and oxygen atoms in total. The summed E-state index contributed by atoms with van der Waals surface area (Å²) in [6.45, 7) is 1.99. The van der Waals surface area contributed by atoms with Crippen molar-refractivity contribution in [1.29, 1.82) is 0 Å². The second-order valence-electron chi connectivity index (χ2n) is 6.05. The van der Waals surface area contributed by atoms with E-state index in [4.69, 9.17) is 0 Å². The molecule has 7 heteroatoms. The first-order chi connectivity index (χ1) is 11.9. The number of aryl methyl sites for hydroxylation is 1. The van der Waals surface area contributed by atoms with Gasteiger partial charge in [-0.1, -0.05) is 29.8 Å². The van der Waals surface area contributed by atoms with Crippen LogP contribution in [0, 0.1) is 24.5 Å². The average molecular weight is 345 g/mol. The minimum absolute atomic E-state index is 0.139. The second-order valence-corrected chi connectivity index (χ2v) is 6.05. The van der Waals surface area contributed by atoms with Crippen LogP contribution in [0.2, 0.25) is 0 Å². The zero-order valence-electron chi connectivity index (χ0n) is 13.5. The average Bonchev–Trinajstić information content (AvgIpc) is 3.37. The lowest BCUT2D eigenvalue weighted by Gasteiger charge is -2.09. The molecule has 3 amide bonds. The van der Waals surface area contributed by atoms with Crippen LogP contribution in [0.3, 0.4) is 0 Å². The topological polar surface area (TPSA) is 70.2 Å². The molecule has 0 heterocycles. The van der Waals surface area contributed by atoms with Crippen LogP contribution in [0.5, 0.6) is 0 Å². The third-order valence-electron chi connectivity index (χ3n) is 4.11. The number of hydrogen-bond donors (Lipinski definition) is 3. The largest absolute Gasteiger partial charge is 0.338 e. The molecule has 1 aliphatic carbocycles. The number of halogens is 2. The molecule has 2 aromatic rings. The van der Waals surface area contributed by atoms with Crippen LogP contribution in [0.4, 0.5) is 19.3 Å². The Kier molecular flexibility index (Phi) is 4.65. The van der Waals surface area contributed by atoms with Crippen LogP contribution >= 0.6 is 0 Å². The highest BCUT2D eigenvalue weighted by Crippen LogP contribution is 2.47. The van der Waals surface area contributed by atoms with Gasteiger partial charge in [0.05, 0.1) is 5.69 Å². The number of hydrogen-bond acceptors (Lipinski definition) is 2. The number of anilines is 1. The van der Waals surface area contributed by atoms with E-state index < -0.39 is 17.7 Å². The molecule has 0 radical (unpaired) electrons. The van der Waals surface area contributed by atoms with Gasteiger partial charge in [0, 0.05) is 12.0 Å². The van der Waals surface area contributed by atoms with E-state index in [0.717, 1.165) is 23.3 Å². The van der Waals surface area contributed by atoms with E-state index in [2.05, 4.69) is 16.2 Å². The standard InChI is InChI=1S/C18H17F2N3O2/c1-10-2-4-11(5-3-10)13-9-14(13)17(24)22-23-18(25)21-16-7-6-12(19)8-15(16)20/h2-8,13-14H,9H2,1H3,(H,22,24)(H2,21,23,25)/t13-,14-/m0/s1. The summed E-state index contributed by atoms with van der Waals surface area (Å²) in [5, 5.41) is 2.19. The number of amides is 3. The molecule has 2 atom stereocenters. The Bertz CT molecular complexity index is 808. The predicted octanol–water partition coefficient (Wildman–Crippen LogP) is 3.23. The summed E-state index contributed by atoms with van der Waals surface area (Å²) in [5.41, 5.74) is 6.53. The fourth-order valence-corrected chi connectivity index (χ4v) is 2.62. The van der Waals surface area contributed by atoms with Gasteiger partial charge in [-0.2, -0.15) is 0 Å². The molecule has 130 valence electrons. The van der Waals surface area contributed by atoms with Crippen LogP contribution in [-0.4, -0.2) is 11.9 Å². The molecular weight excluding hydrogens is 328 g/mol. The summed E-state index contributed by atoms with van der Waals surface area (Å²) in [4.78, 5) is 23.7. The Labute approximate surface area is 143 Å². The maximum Gasteiger partial charge on any atom is 0.338 e. The molecule has 1 fully saturated rings. The number of benzene rings is 2. The lowest BCUT2D eigenvalue weighted by molar-refractivity contribution is -0.123. The first-order valence-corrected chi connectivity index (χ1v) is 7.82. The highest BCUT2D eigenvalue weighted by atomic mass is 19.1. The van der Waals surface area contributed by atoms with Crippen molar-refractivity contribution in [3.05, 3.63) is 65.2 Å². The Morgan fingerprint density at radius 3 is 2.44 bits per heavy atom. The maximum absolute atomic E-state index is 13.4. The number of nitrogens with one attached hydrogen (secondary N) is 3. The summed E-state index contributed by atoms with van der Waals surface area (Å²) in [6, 6.07) is 9.93. The van der Waals surface area contributed by atoms with Crippen molar-refractivity contribution in [2.75, 3.05) is 5.32 Å². The molecule has 0 aromatic heterocycles. The van der Waals surface area contributed by atoms with Crippen molar-refractivity contribution in [2.45, 2.75) is 19.3 Å². The molecule has 25 heavy (non-hydrogen) atoms. The lowest BCUT2D eigenvalue weighted by Crippen LogP contribution is -2.44. The third kappa shape index (κ3) is 4.12. The van der Waals surface area contributed by atoms with E-state index >= 15 is 0 Å². The molecule has 0 saturated heterocycles. The first kappa shape index (κ1) is 16.9. The number of carbonyl (C=O) groups is 2. The fraction of sp³-hybridized carbons (Fsp3) is 0.222. The van der Waals surface area contributed by atoms with E-state index in [9.17, 15) is 18.4 Å². The Balaban J connectivity index is 1.48. The van der Waals surface area contributed by atoms with E-state index in [1.165, 1.54) is 0 Å². The number of hydrazine groups is 1. The predicted molar refractivity (Wildman–Crippen MR) is 88.7 cm³/mol. The summed E-state index contributed by atoms with van der Waals surface area (Å²) >= 11 is 0. The Morgan fingerprint density at radius 2 is 1.76 bits per heavy atom. The van der Waals surface area contributed by atoms with Gasteiger partial charge in [0.2, 0.25) is 5.91 Å². The van der Waals surface area contributed by atoms with Gasteiger partial charge in [-0.3, -0.25) is 10.2 Å². The van der Waals surface area contributed by atoms with Crippen molar-refractivity contribution in [3.63, 3.8) is 0 Å². The molecule has 3 rings (SSSR count). The van der Waals surface area contributed by atoms with Gasteiger partial charge in [-0.05, 0) is 37.0 Å². The molecule has 0 bridgehead atoms. The van der Waals surface area contributed by atoms with Gasteiger partial charge < -0.3 is 5.32 Å². The van der Waals surface area contributed by atoms with Crippen molar-refractivity contribution in [2.24, 2.45) is 5.92 Å². The van der Waals surface area contributed by atoms with E-state index in [0.29, 0.717) is 12.5 Å². The first-order valence-electron chi connectivity index (χ1n) is 7.82. The van der Waals surface area contributed by atoms with Gasteiger partial charge in [0.15, 0.2) is 0 Å². The van der Waals surface area contributed by atoms with Gasteiger partial charge in [-0.15, -0.1) is 0 Å². The molecule has 2 aromatic carbocycles. The van der Waals surface area contributed by atoms with Gasteiger partial charge in [0.25, 0.3) is 0 Å². The van der Waals surface area contributed by atoms with Crippen molar-refractivity contribution < 1.29 is 18.4 Å². The van der Waals surface area contributed by atoms with Crippen molar-refractivity contribution in [3.8, 4) is 0 Å². The normalized spacial score (nSPS) is 18.4. The van der Waals surface area contributed by atoms with Gasteiger partial charge in [0.1, 0.15) is 11.6 Å². The van der Waals surface area contributed by atoms with Crippen LogP contribution in [0.25, 0.3) is 0 Å². The van der Waals surface area contributed by atoms with Crippen LogP contribution in [0.1, 0.15) is 23.5 Å². The molecule has 0 spiro atoms. The minimum Gasteiger partial charge on any atom is -0.304 e. The molecule has 0 unspecified atom stereocenters. The summed E-state index contributed by atoms with van der Waals surface area (Å²) in [7, 11) is 0. The number of urea groups is 1. The van der Waals surface area contributed by atoms with E-state index in [-0.39, 0.29) is 23.4 Å². The van der Waals surface area contributed by atoms with Crippen molar-refractivity contribution in [1.82, 2.24) is 10.9 Å². The molecule has 1 aliphatic rings. The summed E-state index contributed by atoms with van der Waals surface area (Å²) < 4.78 is 26.3. The minimum atomic E-state index is -0.900. The van der Waals surface area contributed by atoms with Crippen LogP contribution < -0.4 is 16.2 Å². The zero-order chi connectivity index (χ0) is 18.0. The van der Waals surface area contributed by atoms with Crippen LogP contribution in [-0.2, 0) is 4.79 Å². The second kappa shape index (κ2) is 6.88. The highest BCUT2D eigenvalue weighted by molar-refractivity contribution is 5.92. The van der Waals surface area contributed by atoms with Crippen LogP contribution in [0.15, 0.2) is 42.5 Å². The Hall–Kier alpha value is -2.96. The lowest BCUT2D eigenvalue weighted by atomic mass is 10.1. The van der Waals surface area contributed by atoms with Crippen molar-refractivity contribution >= 4 is 17.6 Å². The number of carbonyl (C=O) groups excluding carboxylic acids is 2. The smallest absolute Gasteiger partial charge is 0.304 e. The van der Waals surface area contributed by atoms with E-state index in [1.54, 1.807) is 0 Å². The third-order valence-corrected chi connectivity index (χ3v) is 4.11. The fourth-order valence-electron chi connectivity index (χ4n) is 2.62. The van der Waals surface area contributed by atoms with E-state index in [1.807, 2.05) is 31.2 Å². The Morgan fingerprint density at radius 1 is 1.04 bits per heavy atom. The summed E-state index contributed by atoms with van der Waals surface area (Å²) in [5.74, 6) is -2.01. The molecule has 3 N–H and O–H groups in total. The zero-order valence-corrected chi connectivity index (χ0v) is 13.5.